The topological polar surface area (TPSA) is 99.5 Å². The molecule has 25 heavy (non-hydrogen) atoms. The molecule has 2 aromatic rings. The highest BCUT2D eigenvalue weighted by atomic mass is 16.5. The Labute approximate surface area is 146 Å². The smallest absolute Gasteiger partial charge is 0.318 e. The van der Waals surface area contributed by atoms with Crippen LogP contribution in [0.1, 0.15) is 6.42 Å². The van der Waals surface area contributed by atoms with E-state index in [1.165, 1.54) is 7.11 Å². The minimum absolute atomic E-state index is 0.0980. The van der Waals surface area contributed by atoms with Crippen LogP contribution in [0.4, 0.5) is 17.5 Å². The second kappa shape index (κ2) is 7.47. The SMILES string of the molecule is COc1nccc(NC[C@H]2C[C@@H](O)CN2c2cc(N(C)C)ncn2)n1. The van der Waals surface area contributed by atoms with Gasteiger partial charge in [0.25, 0.3) is 0 Å². The molecule has 0 saturated carbocycles. The van der Waals surface area contributed by atoms with Crippen molar-refractivity contribution in [3.63, 3.8) is 0 Å². The van der Waals surface area contributed by atoms with Crippen molar-refractivity contribution in [1.29, 1.82) is 0 Å². The molecular formula is C16H23N7O2. The van der Waals surface area contributed by atoms with Crippen LogP contribution in [0.15, 0.2) is 24.7 Å². The Morgan fingerprint density at radius 3 is 2.96 bits per heavy atom. The van der Waals surface area contributed by atoms with Crippen molar-refractivity contribution in [2.75, 3.05) is 49.4 Å². The van der Waals surface area contributed by atoms with Crippen molar-refractivity contribution in [2.24, 2.45) is 0 Å². The molecule has 1 saturated heterocycles. The lowest BCUT2D eigenvalue weighted by Crippen LogP contribution is -2.36. The molecule has 2 aromatic heterocycles. The number of β-amino-alcohol motifs (C(OH)–C–C–N with tert-alkyl or cyclic N) is 1. The molecule has 1 aliphatic heterocycles. The van der Waals surface area contributed by atoms with Crippen LogP contribution in [0.5, 0.6) is 6.01 Å². The quantitative estimate of drug-likeness (QED) is 0.770. The van der Waals surface area contributed by atoms with Crippen molar-refractivity contribution in [2.45, 2.75) is 18.6 Å². The van der Waals surface area contributed by atoms with Crippen LogP contribution in [0.2, 0.25) is 0 Å². The average Bonchev–Trinajstić information content (AvgIpc) is 3.01. The second-order valence-electron chi connectivity index (χ2n) is 6.13. The first-order valence-electron chi connectivity index (χ1n) is 8.12. The molecule has 0 spiro atoms. The fraction of sp³-hybridized carbons (Fsp3) is 0.500. The maximum absolute atomic E-state index is 10.1. The zero-order chi connectivity index (χ0) is 17.8. The first-order valence-corrected chi connectivity index (χ1v) is 8.12. The molecule has 3 heterocycles. The van der Waals surface area contributed by atoms with Crippen LogP contribution in [0, 0.1) is 0 Å². The highest BCUT2D eigenvalue weighted by molar-refractivity contribution is 5.51. The molecule has 2 atom stereocenters. The van der Waals surface area contributed by atoms with Gasteiger partial charge in [0.2, 0.25) is 0 Å². The molecule has 1 fully saturated rings. The number of nitrogens with zero attached hydrogens (tertiary/aromatic N) is 6. The van der Waals surface area contributed by atoms with Crippen LogP contribution in [0.3, 0.4) is 0 Å². The molecule has 0 amide bonds. The van der Waals surface area contributed by atoms with E-state index in [1.54, 1.807) is 18.6 Å². The van der Waals surface area contributed by atoms with E-state index >= 15 is 0 Å². The molecular weight excluding hydrogens is 322 g/mol. The first kappa shape index (κ1) is 17.2. The van der Waals surface area contributed by atoms with E-state index in [1.807, 2.05) is 25.1 Å². The summed E-state index contributed by atoms with van der Waals surface area (Å²) in [6, 6.07) is 4.13. The summed E-state index contributed by atoms with van der Waals surface area (Å²) in [7, 11) is 5.41. The number of nitrogens with one attached hydrogen (secondary N) is 1. The number of aromatic nitrogens is 4. The van der Waals surface area contributed by atoms with E-state index in [4.69, 9.17) is 4.74 Å². The number of anilines is 3. The van der Waals surface area contributed by atoms with Gasteiger partial charge in [-0.05, 0) is 12.5 Å². The maximum atomic E-state index is 10.1. The monoisotopic (exact) mass is 345 g/mol. The predicted octanol–water partition coefficient (Wildman–Crippen LogP) is 0.393. The van der Waals surface area contributed by atoms with Crippen LogP contribution in [-0.2, 0) is 0 Å². The van der Waals surface area contributed by atoms with Crippen molar-refractivity contribution in [3.8, 4) is 6.01 Å². The average molecular weight is 345 g/mol. The fourth-order valence-electron chi connectivity index (χ4n) is 2.86. The van der Waals surface area contributed by atoms with E-state index in [0.29, 0.717) is 31.3 Å². The Balaban J connectivity index is 1.72. The summed E-state index contributed by atoms with van der Waals surface area (Å²) in [4.78, 5) is 20.9. The summed E-state index contributed by atoms with van der Waals surface area (Å²) in [5.74, 6) is 2.32. The van der Waals surface area contributed by atoms with Crippen molar-refractivity contribution in [1.82, 2.24) is 19.9 Å². The molecule has 9 nitrogen and oxygen atoms in total. The Bertz CT molecular complexity index is 712. The van der Waals surface area contributed by atoms with Crippen molar-refractivity contribution in [3.05, 3.63) is 24.7 Å². The van der Waals surface area contributed by atoms with E-state index < -0.39 is 0 Å². The molecule has 9 heteroatoms. The number of aliphatic hydroxyl groups excluding tert-OH is 1. The minimum atomic E-state index is -0.385. The van der Waals surface area contributed by atoms with Crippen LogP contribution >= 0.6 is 0 Å². The third-order valence-electron chi connectivity index (χ3n) is 4.12. The number of ether oxygens (including phenoxy) is 1. The van der Waals surface area contributed by atoms with Gasteiger partial charge in [0, 0.05) is 39.4 Å². The van der Waals surface area contributed by atoms with Gasteiger partial charge in [-0.3, -0.25) is 0 Å². The summed E-state index contributed by atoms with van der Waals surface area (Å²) in [6.45, 7) is 1.17. The summed E-state index contributed by atoms with van der Waals surface area (Å²) >= 11 is 0. The van der Waals surface area contributed by atoms with Crippen LogP contribution in [0.25, 0.3) is 0 Å². The zero-order valence-corrected chi connectivity index (χ0v) is 14.6. The number of methoxy groups -OCH3 is 1. The Morgan fingerprint density at radius 2 is 2.20 bits per heavy atom. The van der Waals surface area contributed by atoms with Gasteiger partial charge in [0.05, 0.1) is 19.3 Å². The molecule has 0 radical (unpaired) electrons. The normalized spacial score (nSPS) is 19.8. The Morgan fingerprint density at radius 1 is 1.36 bits per heavy atom. The lowest BCUT2D eigenvalue weighted by atomic mass is 10.2. The van der Waals surface area contributed by atoms with Gasteiger partial charge in [-0.2, -0.15) is 4.98 Å². The van der Waals surface area contributed by atoms with Gasteiger partial charge in [-0.1, -0.05) is 0 Å². The van der Waals surface area contributed by atoms with E-state index in [9.17, 15) is 5.11 Å². The third-order valence-corrected chi connectivity index (χ3v) is 4.12. The van der Waals surface area contributed by atoms with Crippen molar-refractivity contribution < 1.29 is 9.84 Å². The molecule has 0 aromatic carbocycles. The fourth-order valence-corrected chi connectivity index (χ4v) is 2.86. The minimum Gasteiger partial charge on any atom is -0.467 e. The highest BCUT2D eigenvalue weighted by Crippen LogP contribution is 2.26. The number of rotatable bonds is 6. The summed E-state index contributed by atoms with van der Waals surface area (Å²) < 4.78 is 5.04. The van der Waals surface area contributed by atoms with Gasteiger partial charge in [-0.15, -0.1) is 0 Å². The van der Waals surface area contributed by atoms with Gasteiger partial charge in [-0.25, -0.2) is 15.0 Å². The highest BCUT2D eigenvalue weighted by Gasteiger charge is 2.32. The van der Waals surface area contributed by atoms with Crippen LogP contribution in [-0.4, -0.2) is 71.5 Å². The van der Waals surface area contributed by atoms with E-state index in [0.717, 1.165) is 11.6 Å². The van der Waals surface area contributed by atoms with E-state index in [-0.39, 0.29) is 12.1 Å². The van der Waals surface area contributed by atoms with Gasteiger partial charge in [0.15, 0.2) is 0 Å². The number of hydrogen-bond acceptors (Lipinski definition) is 9. The van der Waals surface area contributed by atoms with Gasteiger partial charge < -0.3 is 25.0 Å². The Kier molecular flexibility index (Phi) is 5.13. The van der Waals surface area contributed by atoms with E-state index in [2.05, 4.69) is 30.2 Å². The predicted molar refractivity (Wildman–Crippen MR) is 95.2 cm³/mol. The molecule has 0 unspecified atom stereocenters. The number of hydrogen-bond donors (Lipinski definition) is 2. The largest absolute Gasteiger partial charge is 0.467 e. The summed E-state index contributed by atoms with van der Waals surface area (Å²) in [5, 5.41) is 13.4. The standard InChI is InChI=1S/C16H23N7O2/c1-22(2)14-7-15(20-10-19-14)23-9-12(24)6-11(23)8-18-13-4-5-17-16(21-13)25-3/h4-5,7,10-12,24H,6,8-9H2,1-3H3,(H,17,18,21)/t11-,12-/m1/s1. The summed E-state index contributed by atoms with van der Waals surface area (Å²) in [6.07, 6.45) is 3.47. The lowest BCUT2D eigenvalue weighted by molar-refractivity contribution is 0.194. The first-order chi connectivity index (χ1) is 12.1. The zero-order valence-electron chi connectivity index (χ0n) is 14.6. The molecule has 0 aliphatic carbocycles. The summed E-state index contributed by atoms with van der Waals surface area (Å²) in [5.41, 5.74) is 0. The molecule has 2 N–H and O–H groups in total. The molecule has 0 bridgehead atoms. The van der Waals surface area contributed by atoms with Gasteiger partial charge >= 0.3 is 6.01 Å². The lowest BCUT2D eigenvalue weighted by Gasteiger charge is -2.26. The third kappa shape index (κ3) is 4.05. The van der Waals surface area contributed by atoms with Crippen LogP contribution < -0.4 is 19.9 Å². The van der Waals surface area contributed by atoms with Gasteiger partial charge in [0.1, 0.15) is 23.8 Å². The Hall–Kier alpha value is -2.68. The molecule has 3 rings (SSSR count). The second-order valence-corrected chi connectivity index (χ2v) is 6.13. The number of aliphatic hydroxyl groups is 1. The molecule has 1 aliphatic rings. The maximum Gasteiger partial charge on any atom is 0.318 e. The molecule has 134 valence electrons. The van der Waals surface area contributed by atoms with Crippen molar-refractivity contribution >= 4 is 17.5 Å².